The predicted octanol–water partition coefficient (Wildman–Crippen LogP) is 14.4. The van der Waals surface area contributed by atoms with Crippen LogP contribution in [0.5, 0.6) is 0 Å². The zero-order valence-electron chi connectivity index (χ0n) is 28.4. The van der Waals surface area contributed by atoms with Crippen LogP contribution in [0, 0.1) is 0 Å². The Balaban J connectivity index is 1.10. The summed E-state index contributed by atoms with van der Waals surface area (Å²) in [5, 5.41) is 7.18. The summed E-state index contributed by atoms with van der Waals surface area (Å²) in [6.07, 6.45) is 0. The molecular formula is C50H33NO. The Labute approximate surface area is 302 Å². The molecule has 52 heavy (non-hydrogen) atoms. The van der Waals surface area contributed by atoms with Crippen LogP contribution in [0.15, 0.2) is 205 Å². The summed E-state index contributed by atoms with van der Waals surface area (Å²) in [6.45, 7) is 0. The molecule has 10 aromatic rings. The summed E-state index contributed by atoms with van der Waals surface area (Å²) in [7, 11) is 0. The topological polar surface area (TPSA) is 16.4 Å². The van der Waals surface area contributed by atoms with Gasteiger partial charge in [-0.05, 0) is 92.5 Å². The Morgan fingerprint density at radius 3 is 1.73 bits per heavy atom. The smallest absolute Gasteiger partial charge is 0.136 e. The van der Waals surface area contributed by atoms with E-state index in [1.807, 2.05) is 12.1 Å². The molecule has 0 unspecified atom stereocenters. The van der Waals surface area contributed by atoms with Gasteiger partial charge < -0.3 is 9.32 Å². The van der Waals surface area contributed by atoms with Crippen molar-refractivity contribution in [2.24, 2.45) is 0 Å². The molecule has 0 amide bonds. The quantitative estimate of drug-likeness (QED) is 0.176. The maximum atomic E-state index is 6.34. The molecule has 0 fully saturated rings. The van der Waals surface area contributed by atoms with Gasteiger partial charge in [0, 0.05) is 27.4 Å². The minimum Gasteiger partial charge on any atom is -0.456 e. The normalized spacial score (nSPS) is 11.5. The molecule has 0 atom stereocenters. The molecule has 1 heterocycles. The van der Waals surface area contributed by atoms with E-state index in [0.717, 1.165) is 50.1 Å². The van der Waals surface area contributed by atoms with Gasteiger partial charge in [0.05, 0.1) is 11.4 Å². The molecule has 0 aliphatic rings. The van der Waals surface area contributed by atoms with Crippen molar-refractivity contribution in [3.8, 4) is 33.4 Å². The van der Waals surface area contributed by atoms with Gasteiger partial charge >= 0.3 is 0 Å². The van der Waals surface area contributed by atoms with Gasteiger partial charge in [-0.25, -0.2) is 0 Å². The van der Waals surface area contributed by atoms with Crippen LogP contribution in [0.4, 0.5) is 17.1 Å². The van der Waals surface area contributed by atoms with Crippen LogP contribution in [-0.4, -0.2) is 0 Å². The second-order valence-corrected chi connectivity index (χ2v) is 13.3. The first kappa shape index (κ1) is 30.0. The highest BCUT2D eigenvalue weighted by atomic mass is 16.3. The van der Waals surface area contributed by atoms with Crippen molar-refractivity contribution in [2.75, 3.05) is 4.90 Å². The highest BCUT2D eigenvalue weighted by Crippen LogP contribution is 2.45. The van der Waals surface area contributed by atoms with E-state index < -0.39 is 0 Å². The first-order valence-corrected chi connectivity index (χ1v) is 17.8. The van der Waals surface area contributed by atoms with Crippen molar-refractivity contribution in [1.29, 1.82) is 0 Å². The Kier molecular flexibility index (Phi) is 7.18. The largest absolute Gasteiger partial charge is 0.456 e. The second-order valence-electron chi connectivity index (χ2n) is 13.3. The van der Waals surface area contributed by atoms with Crippen molar-refractivity contribution in [3.05, 3.63) is 200 Å². The molecule has 1 aromatic heterocycles. The van der Waals surface area contributed by atoms with Crippen LogP contribution in [-0.2, 0) is 0 Å². The number of benzene rings is 9. The third-order valence-corrected chi connectivity index (χ3v) is 10.3. The molecular weight excluding hydrogens is 631 g/mol. The highest BCUT2D eigenvalue weighted by Gasteiger charge is 2.20. The van der Waals surface area contributed by atoms with E-state index in [-0.39, 0.29) is 0 Å². The third-order valence-electron chi connectivity index (χ3n) is 10.3. The summed E-state index contributed by atoms with van der Waals surface area (Å²) >= 11 is 0. The van der Waals surface area contributed by atoms with E-state index in [1.54, 1.807) is 0 Å². The summed E-state index contributed by atoms with van der Waals surface area (Å²) < 4.78 is 6.34. The zero-order valence-corrected chi connectivity index (χ0v) is 28.4. The number of hydrogen-bond acceptors (Lipinski definition) is 2. The lowest BCUT2D eigenvalue weighted by Crippen LogP contribution is -2.11. The number of furan rings is 1. The maximum absolute atomic E-state index is 6.34. The van der Waals surface area contributed by atoms with Gasteiger partial charge in [0.1, 0.15) is 11.2 Å². The molecule has 2 heteroatoms. The standard InChI is InChI=1S/C50H33NO/c1-3-18-41-35(12-1)14-10-22-42(41)38-17-9-16-37(32-38)34-26-29-40(30-27-34)51(48-24-11-15-36-13-2-4-19-43(36)48)47-23-7-5-20-44(47)39-28-31-46-45-21-6-8-25-49(45)52-50(46)33-39/h1-33H. The zero-order chi connectivity index (χ0) is 34.4. The molecule has 0 aliphatic carbocycles. The van der Waals surface area contributed by atoms with Crippen molar-refractivity contribution in [1.82, 2.24) is 0 Å². The third kappa shape index (κ3) is 5.12. The van der Waals surface area contributed by atoms with E-state index in [2.05, 4.69) is 193 Å². The van der Waals surface area contributed by atoms with E-state index in [9.17, 15) is 0 Å². The lowest BCUT2D eigenvalue weighted by Gasteiger charge is -2.29. The maximum Gasteiger partial charge on any atom is 0.136 e. The Hall–Kier alpha value is -6.90. The fourth-order valence-corrected chi connectivity index (χ4v) is 7.76. The predicted molar refractivity (Wildman–Crippen MR) is 220 cm³/mol. The molecule has 0 aliphatic heterocycles. The van der Waals surface area contributed by atoms with Gasteiger partial charge in [0.2, 0.25) is 0 Å². The van der Waals surface area contributed by atoms with Gasteiger partial charge in [-0.3, -0.25) is 0 Å². The molecule has 244 valence electrons. The van der Waals surface area contributed by atoms with Crippen LogP contribution in [0.2, 0.25) is 0 Å². The number of fused-ring (bicyclic) bond motifs is 5. The fourth-order valence-electron chi connectivity index (χ4n) is 7.76. The molecule has 0 saturated carbocycles. The number of para-hydroxylation sites is 2. The van der Waals surface area contributed by atoms with Crippen LogP contribution in [0.25, 0.3) is 76.9 Å². The SMILES string of the molecule is c1cc(-c2ccc(N(c3ccccc3-c3ccc4c(c3)oc3ccccc34)c3cccc4ccccc34)cc2)cc(-c2cccc3ccccc23)c1. The highest BCUT2D eigenvalue weighted by molar-refractivity contribution is 6.07. The first-order valence-electron chi connectivity index (χ1n) is 17.8. The van der Waals surface area contributed by atoms with Crippen LogP contribution in [0.1, 0.15) is 0 Å². The first-order chi connectivity index (χ1) is 25.8. The molecule has 0 saturated heterocycles. The molecule has 0 radical (unpaired) electrons. The van der Waals surface area contributed by atoms with Crippen molar-refractivity contribution in [2.45, 2.75) is 0 Å². The Morgan fingerprint density at radius 2 is 0.865 bits per heavy atom. The minimum absolute atomic E-state index is 0.889. The van der Waals surface area contributed by atoms with E-state index in [1.165, 1.54) is 43.8 Å². The Bertz CT molecular complexity index is 2910. The van der Waals surface area contributed by atoms with Gasteiger partial charge in [-0.2, -0.15) is 0 Å². The number of hydrogen-bond donors (Lipinski definition) is 0. The summed E-state index contributed by atoms with van der Waals surface area (Å²) in [6, 6.07) is 71.8. The van der Waals surface area contributed by atoms with E-state index in [0.29, 0.717) is 0 Å². The number of anilines is 3. The van der Waals surface area contributed by atoms with Crippen LogP contribution < -0.4 is 4.90 Å². The Morgan fingerprint density at radius 1 is 0.308 bits per heavy atom. The van der Waals surface area contributed by atoms with Gasteiger partial charge in [0.25, 0.3) is 0 Å². The summed E-state index contributed by atoms with van der Waals surface area (Å²) in [4.78, 5) is 2.40. The van der Waals surface area contributed by atoms with Gasteiger partial charge in [-0.1, -0.05) is 152 Å². The monoisotopic (exact) mass is 663 g/mol. The average Bonchev–Trinajstić information content (AvgIpc) is 3.59. The van der Waals surface area contributed by atoms with Crippen molar-refractivity contribution >= 4 is 60.5 Å². The average molecular weight is 664 g/mol. The molecule has 0 N–H and O–H groups in total. The summed E-state index contributed by atoms with van der Waals surface area (Å²) in [5.74, 6) is 0. The van der Waals surface area contributed by atoms with Crippen LogP contribution in [0.3, 0.4) is 0 Å². The van der Waals surface area contributed by atoms with E-state index in [4.69, 9.17) is 4.42 Å². The molecule has 9 aromatic carbocycles. The molecule has 0 spiro atoms. The fraction of sp³-hybridized carbons (Fsp3) is 0. The minimum atomic E-state index is 0.889. The summed E-state index contributed by atoms with van der Waals surface area (Å²) in [5.41, 5.74) is 12.2. The van der Waals surface area contributed by atoms with Gasteiger partial charge in [0.15, 0.2) is 0 Å². The van der Waals surface area contributed by atoms with Gasteiger partial charge in [-0.15, -0.1) is 0 Å². The lowest BCUT2D eigenvalue weighted by atomic mass is 9.95. The lowest BCUT2D eigenvalue weighted by molar-refractivity contribution is 0.669. The molecule has 10 rings (SSSR count). The molecule has 0 bridgehead atoms. The van der Waals surface area contributed by atoms with E-state index >= 15 is 0 Å². The number of rotatable bonds is 6. The van der Waals surface area contributed by atoms with Crippen molar-refractivity contribution in [3.63, 3.8) is 0 Å². The molecule has 2 nitrogen and oxygen atoms in total. The van der Waals surface area contributed by atoms with Crippen LogP contribution >= 0.6 is 0 Å². The number of nitrogens with zero attached hydrogens (tertiary/aromatic N) is 1. The van der Waals surface area contributed by atoms with Crippen molar-refractivity contribution < 1.29 is 4.42 Å². The second kappa shape index (κ2) is 12.5.